The highest BCUT2D eigenvalue weighted by molar-refractivity contribution is 7.98. The number of thioether (sulfide) groups is 1. The van der Waals surface area contributed by atoms with Crippen LogP contribution in [0.15, 0.2) is 65.6 Å². The Labute approximate surface area is 163 Å². The van der Waals surface area contributed by atoms with Crippen molar-refractivity contribution in [1.29, 1.82) is 0 Å². The van der Waals surface area contributed by atoms with Gasteiger partial charge in [-0.05, 0) is 43.5 Å². The van der Waals surface area contributed by atoms with Crippen LogP contribution in [0.1, 0.15) is 25.1 Å². The zero-order valence-corrected chi connectivity index (χ0v) is 16.5. The van der Waals surface area contributed by atoms with Crippen LogP contribution in [0.25, 0.3) is 11.0 Å². The van der Waals surface area contributed by atoms with E-state index in [4.69, 9.17) is 4.98 Å². The third kappa shape index (κ3) is 3.39. The summed E-state index contributed by atoms with van der Waals surface area (Å²) in [4.78, 5) is 20.7. The second-order valence-corrected chi connectivity index (χ2v) is 7.99. The van der Waals surface area contributed by atoms with Crippen molar-refractivity contribution in [1.82, 2.24) is 9.55 Å². The van der Waals surface area contributed by atoms with Gasteiger partial charge in [0.25, 0.3) is 0 Å². The minimum atomic E-state index is 0.0854. The van der Waals surface area contributed by atoms with Gasteiger partial charge in [0.2, 0.25) is 5.91 Å². The third-order valence-electron chi connectivity index (χ3n) is 4.97. The molecule has 1 aliphatic rings. The molecule has 1 unspecified atom stereocenters. The number of rotatable bonds is 5. The molecule has 0 aliphatic carbocycles. The van der Waals surface area contributed by atoms with E-state index in [9.17, 15) is 4.79 Å². The van der Waals surface area contributed by atoms with Gasteiger partial charge in [0.05, 0.1) is 11.0 Å². The Morgan fingerprint density at radius 2 is 2.07 bits per heavy atom. The van der Waals surface area contributed by atoms with Crippen LogP contribution in [0.5, 0.6) is 0 Å². The molecule has 0 bridgehead atoms. The number of hydrogen-bond acceptors (Lipinski definition) is 3. The number of aromatic nitrogens is 2. The molecule has 138 valence electrons. The van der Waals surface area contributed by atoms with Crippen molar-refractivity contribution < 1.29 is 4.79 Å². The van der Waals surface area contributed by atoms with Gasteiger partial charge in [-0.25, -0.2) is 4.98 Å². The number of carbonyl (C=O) groups excluding carboxylic acids is 1. The Hall–Kier alpha value is -2.53. The van der Waals surface area contributed by atoms with E-state index in [2.05, 4.69) is 29.3 Å². The smallest absolute Gasteiger partial charge is 0.227 e. The fraction of sp³-hybridized carbons (Fsp3) is 0.273. The summed E-state index contributed by atoms with van der Waals surface area (Å²) < 4.78 is 2.22. The first-order valence-electron chi connectivity index (χ1n) is 9.11. The maximum absolute atomic E-state index is 12.8. The number of fused-ring (bicyclic) bond motifs is 1. The zero-order valence-electron chi connectivity index (χ0n) is 15.7. The summed E-state index contributed by atoms with van der Waals surface area (Å²) >= 11 is 1.69. The highest BCUT2D eigenvalue weighted by Crippen LogP contribution is 2.34. The van der Waals surface area contributed by atoms with Crippen LogP contribution in [-0.4, -0.2) is 28.3 Å². The second-order valence-electron chi connectivity index (χ2n) is 7.11. The number of benzene rings is 2. The summed E-state index contributed by atoms with van der Waals surface area (Å²) in [5.41, 5.74) is 4.12. The van der Waals surface area contributed by atoms with Crippen molar-refractivity contribution in [2.75, 3.05) is 17.7 Å². The van der Waals surface area contributed by atoms with E-state index in [1.807, 2.05) is 48.4 Å². The maximum Gasteiger partial charge on any atom is 0.227 e. The highest BCUT2D eigenvalue weighted by atomic mass is 32.2. The lowest BCUT2D eigenvalue weighted by atomic mass is 10.1. The maximum atomic E-state index is 12.8. The largest absolute Gasteiger partial charge is 0.324 e. The van der Waals surface area contributed by atoms with E-state index >= 15 is 0 Å². The van der Waals surface area contributed by atoms with Crippen LogP contribution in [0.4, 0.5) is 5.69 Å². The van der Waals surface area contributed by atoms with E-state index in [1.54, 1.807) is 11.8 Å². The molecule has 4 rings (SSSR count). The first-order chi connectivity index (χ1) is 13.1. The minimum Gasteiger partial charge on any atom is -0.324 e. The van der Waals surface area contributed by atoms with E-state index in [-0.39, 0.29) is 11.8 Å². The molecule has 4 nitrogen and oxygen atoms in total. The topological polar surface area (TPSA) is 38.1 Å². The average Bonchev–Trinajstić information content (AvgIpc) is 3.22. The Morgan fingerprint density at radius 1 is 1.26 bits per heavy atom. The monoisotopic (exact) mass is 377 g/mol. The predicted octanol–water partition coefficient (Wildman–Crippen LogP) is 4.85. The van der Waals surface area contributed by atoms with E-state index < -0.39 is 0 Å². The summed E-state index contributed by atoms with van der Waals surface area (Å²) in [7, 11) is 0. The van der Waals surface area contributed by atoms with Crippen molar-refractivity contribution in [2.24, 2.45) is 0 Å². The summed E-state index contributed by atoms with van der Waals surface area (Å²) in [5, 5.41) is 0. The lowest BCUT2D eigenvalue weighted by Crippen LogP contribution is -2.24. The number of allylic oxidation sites excluding steroid dienone is 1. The first kappa shape index (κ1) is 17.9. The normalized spacial score (nSPS) is 17.0. The molecule has 5 heteroatoms. The van der Waals surface area contributed by atoms with Crippen molar-refractivity contribution in [3.8, 4) is 0 Å². The molecule has 27 heavy (non-hydrogen) atoms. The Bertz CT molecular complexity index is 1020. The number of anilines is 1. The van der Waals surface area contributed by atoms with Gasteiger partial charge in [0.1, 0.15) is 5.82 Å². The second kappa shape index (κ2) is 7.24. The summed E-state index contributed by atoms with van der Waals surface area (Å²) in [6.07, 6.45) is 2.54. The van der Waals surface area contributed by atoms with Crippen LogP contribution in [0.2, 0.25) is 0 Å². The third-order valence-corrected chi connectivity index (χ3v) is 5.69. The molecule has 1 aliphatic heterocycles. The Morgan fingerprint density at radius 3 is 2.85 bits per heavy atom. The number of hydrogen-bond donors (Lipinski definition) is 0. The van der Waals surface area contributed by atoms with Gasteiger partial charge >= 0.3 is 0 Å². The van der Waals surface area contributed by atoms with Crippen molar-refractivity contribution >= 4 is 34.4 Å². The molecule has 0 radical (unpaired) electrons. The molecule has 1 atom stereocenters. The summed E-state index contributed by atoms with van der Waals surface area (Å²) in [6.45, 7) is 7.49. The van der Waals surface area contributed by atoms with Gasteiger partial charge in [-0.3, -0.25) is 4.79 Å². The fourth-order valence-electron chi connectivity index (χ4n) is 3.75. The van der Waals surface area contributed by atoms with Gasteiger partial charge in [0, 0.05) is 36.0 Å². The van der Waals surface area contributed by atoms with Crippen LogP contribution in [0.3, 0.4) is 0 Å². The van der Waals surface area contributed by atoms with Crippen LogP contribution < -0.4 is 4.90 Å². The molecule has 0 saturated carbocycles. The molecular formula is C22H23N3OS. The summed E-state index contributed by atoms with van der Waals surface area (Å²) in [5.74, 6) is 1.23. The van der Waals surface area contributed by atoms with Crippen LogP contribution in [0, 0.1) is 0 Å². The van der Waals surface area contributed by atoms with Crippen LogP contribution >= 0.6 is 11.8 Å². The molecule has 2 heterocycles. The number of carbonyl (C=O) groups is 1. The van der Waals surface area contributed by atoms with Gasteiger partial charge in [0.15, 0.2) is 0 Å². The molecule has 3 aromatic rings. The summed E-state index contributed by atoms with van der Waals surface area (Å²) in [6, 6.07) is 16.3. The first-order valence-corrected chi connectivity index (χ1v) is 10.3. The molecule has 1 amide bonds. The number of nitrogens with zero attached hydrogens (tertiary/aromatic N) is 3. The Balaban J connectivity index is 1.70. The fourth-order valence-corrected chi connectivity index (χ4v) is 4.20. The van der Waals surface area contributed by atoms with Crippen molar-refractivity contribution in [3.05, 3.63) is 66.5 Å². The molecule has 1 saturated heterocycles. The zero-order chi connectivity index (χ0) is 19.0. The average molecular weight is 378 g/mol. The van der Waals surface area contributed by atoms with Gasteiger partial charge in [-0.2, -0.15) is 0 Å². The number of para-hydroxylation sites is 2. The van der Waals surface area contributed by atoms with E-state index in [0.717, 1.165) is 34.7 Å². The quantitative estimate of drug-likeness (QED) is 0.471. The molecular weight excluding hydrogens is 354 g/mol. The lowest BCUT2D eigenvalue weighted by Gasteiger charge is -2.18. The van der Waals surface area contributed by atoms with Crippen molar-refractivity contribution in [3.63, 3.8) is 0 Å². The van der Waals surface area contributed by atoms with Crippen LogP contribution in [-0.2, 0) is 11.3 Å². The standard InChI is InChI=1S/C22H23N3OS/c1-15(2)13-25-20-10-5-4-9-19(20)23-22(25)16-11-21(26)24(14-16)17-7-6-8-18(12-17)27-3/h4-10,12,16H,1,11,13-14H2,2-3H3. The molecule has 0 N–H and O–H groups in total. The van der Waals surface area contributed by atoms with Gasteiger partial charge in [-0.1, -0.05) is 30.4 Å². The molecule has 0 spiro atoms. The number of amides is 1. The highest BCUT2D eigenvalue weighted by Gasteiger charge is 2.34. The Kier molecular flexibility index (Phi) is 4.79. The molecule has 1 fully saturated rings. The van der Waals surface area contributed by atoms with E-state index in [0.29, 0.717) is 13.0 Å². The minimum absolute atomic E-state index is 0.0854. The SMILES string of the molecule is C=C(C)Cn1c(C2CC(=O)N(c3cccc(SC)c3)C2)nc2ccccc21. The van der Waals surface area contributed by atoms with Gasteiger partial charge < -0.3 is 9.47 Å². The molecule has 1 aromatic heterocycles. The van der Waals surface area contributed by atoms with E-state index in [1.165, 1.54) is 4.90 Å². The predicted molar refractivity (Wildman–Crippen MR) is 112 cm³/mol. The number of imidazole rings is 1. The van der Waals surface area contributed by atoms with Crippen molar-refractivity contribution in [2.45, 2.75) is 30.7 Å². The lowest BCUT2D eigenvalue weighted by molar-refractivity contribution is -0.117. The molecule has 2 aromatic carbocycles. The van der Waals surface area contributed by atoms with Gasteiger partial charge in [-0.15, -0.1) is 11.8 Å².